The number of fused-ring (bicyclic) bond motifs is 2. The molecule has 15 heteroatoms. The van der Waals surface area contributed by atoms with Gasteiger partial charge < -0.3 is 42.6 Å². The van der Waals surface area contributed by atoms with Crippen LogP contribution >= 0.6 is 23.5 Å². The molecule has 13 nitrogen and oxygen atoms in total. The summed E-state index contributed by atoms with van der Waals surface area (Å²) in [7, 11) is 0. The molecule has 79 heavy (non-hydrogen) atoms. The normalized spacial score (nSPS) is 25.6. The number of ether oxygens (including phenoxy) is 9. The molecular weight excluding hydrogens is 1040 g/mol. The van der Waals surface area contributed by atoms with E-state index in [9.17, 15) is 9.59 Å². The first-order valence-electron chi connectivity index (χ1n) is 26.7. The summed E-state index contributed by atoms with van der Waals surface area (Å²) in [5.41, 5.74) is 3.51. The van der Waals surface area contributed by atoms with Crippen molar-refractivity contribution in [3.05, 3.63) is 245 Å². The van der Waals surface area contributed by atoms with E-state index in [-0.39, 0.29) is 49.7 Å². The highest BCUT2D eigenvalue weighted by atomic mass is 32.2. The first kappa shape index (κ1) is 54.5. The van der Waals surface area contributed by atoms with Crippen LogP contribution in [0.1, 0.15) is 72.1 Å². The molecule has 0 saturated carbocycles. The summed E-state index contributed by atoms with van der Waals surface area (Å²) < 4.78 is 61.0. The molecule has 0 spiro atoms. The second kappa shape index (κ2) is 26.2. The summed E-state index contributed by atoms with van der Waals surface area (Å²) in [5, 5.41) is 0. The molecule has 0 radical (unpaired) electrons. The van der Waals surface area contributed by atoms with Crippen LogP contribution in [0.2, 0.25) is 0 Å². The predicted molar refractivity (Wildman–Crippen MR) is 299 cm³/mol. The molecule has 0 unspecified atom stereocenters. The van der Waals surface area contributed by atoms with Crippen LogP contribution in [-0.4, -0.2) is 101 Å². The van der Waals surface area contributed by atoms with Crippen LogP contribution in [-0.2, 0) is 69.1 Å². The van der Waals surface area contributed by atoms with Crippen molar-refractivity contribution in [1.82, 2.24) is 4.90 Å². The second-order valence-electron chi connectivity index (χ2n) is 19.5. The molecule has 3 fully saturated rings. The first-order chi connectivity index (χ1) is 38.9. The van der Waals surface area contributed by atoms with Gasteiger partial charge in [-0.05, 0) is 58.3 Å². The Morgan fingerprint density at radius 2 is 1.10 bits per heavy atom. The number of amides is 2. The molecule has 0 bridgehead atoms. The Morgan fingerprint density at radius 3 is 1.73 bits per heavy atom. The summed E-state index contributed by atoms with van der Waals surface area (Å²) >= 11 is 2.92. The minimum atomic E-state index is -1.24. The predicted octanol–water partition coefficient (Wildman–Crippen LogP) is 11.3. The van der Waals surface area contributed by atoms with Crippen molar-refractivity contribution in [2.75, 3.05) is 19.0 Å². The van der Waals surface area contributed by atoms with Crippen LogP contribution in [0, 0.1) is 0 Å². The zero-order valence-corrected chi connectivity index (χ0v) is 45.1. The fourth-order valence-electron chi connectivity index (χ4n) is 10.5. The number of nitrogens with zero attached hydrogens (tertiary/aromatic N) is 1. The van der Waals surface area contributed by atoms with E-state index >= 15 is 4.79 Å². The quantitative estimate of drug-likeness (QED) is 0.0498. The lowest BCUT2D eigenvalue weighted by molar-refractivity contribution is -0.309. The van der Waals surface area contributed by atoms with Gasteiger partial charge in [-0.3, -0.25) is 14.5 Å². The van der Waals surface area contributed by atoms with E-state index in [0.717, 1.165) is 27.1 Å². The molecule has 4 aliphatic rings. The molecule has 3 saturated heterocycles. The highest BCUT2D eigenvalue weighted by Crippen LogP contribution is 2.44. The van der Waals surface area contributed by atoms with Crippen molar-refractivity contribution in [3.8, 4) is 0 Å². The van der Waals surface area contributed by atoms with Crippen molar-refractivity contribution < 1.29 is 57.0 Å². The Bertz CT molecular complexity index is 3070. The maximum Gasteiger partial charge on any atom is 0.338 e. The third kappa shape index (κ3) is 12.8. The molecule has 0 aliphatic carbocycles. The number of thioether (sulfide) groups is 2. The van der Waals surface area contributed by atoms with E-state index in [1.54, 1.807) is 48.2 Å². The molecule has 2 amide bonds. The third-order valence-electron chi connectivity index (χ3n) is 14.3. The molecule has 0 N–H and O–H groups in total. The number of esters is 1. The van der Waals surface area contributed by atoms with Gasteiger partial charge in [-0.25, -0.2) is 4.79 Å². The van der Waals surface area contributed by atoms with E-state index in [0.29, 0.717) is 17.9 Å². The highest BCUT2D eigenvalue weighted by molar-refractivity contribution is 8.00. The van der Waals surface area contributed by atoms with Gasteiger partial charge in [0.2, 0.25) is 0 Å². The number of hydrogen-bond donors (Lipinski definition) is 0. The molecule has 11 atom stereocenters. The lowest BCUT2D eigenvalue weighted by atomic mass is 9.95. The minimum Gasteiger partial charge on any atom is -0.454 e. The van der Waals surface area contributed by atoms with Gasteiger partial charge in [0.05, 0.1) is 56.3 Å². The zero-order valence-electron chi connectivity index (χ0n) is 43.5. The standard InChI is InChI=1S/C64H61NO12S2/c1-2-78-64-58(57(71-38-44-26-12-5-13-27-44)54(70-37-43-24-10-4-11-25-43)51(75-64)40-69-36-42-22-8-3-9-23-42)72-39-46-30-18-19-33-48(46)61(68)76-56-53(65-59(66)49-34-20-21-35-50(49)60(65)67)63(79-47-31-16-7-17-32-47)74-52-41-73-62(77-55(52)56)45-28-14-6-15-29-45/h3-35,51-58,62-64H,2,36-41H2,1H3/t51-,52-,53-,54-,55-,56-,57+,58-,62-,63+,64+/m1/s1. The number of imide groups is 1. The molecular formula is C64H61NO12S2. The van der Waals surface area contributed by atoms with Crippen LogP contribution in [0.4, 0.5) is 0 Å². The van der Waals surface area contributed by atoms with Gasteiger partial charge in [-0.2, -0.15) is 0 Å². The maximum absolute atomic E-state index is 15.3. The molecule has 4 aliphatic heterocycles. The van der Waals surface area contributed by atoms with Crippen molar-refractivity contribution in [3.63, 3.8) is 0 Å². The number of carbonyl (C=O) groups is 3. The van der Waals surface area contributed by atoms with Gasteiger partial charge in [-0.15, -0.1) is 11.8 Å². The van der Waals surface area contributed by atoms with Crippen molar-refractivity contribution in [2.45, 2.75) is 104 Å². The highest BCUT2D eigenvalue weighted by Gasteiger charge is 2.58. The van der Waals surface area contributed by atoms with Gasteiger partial charge >= 0.3 is 5.97 Å². The van der Waals surface area contributed by atoms with E-state index in [4.69, 9.17) is 42.6 Å². The topological polar surface area (TPSA) is 138 Å². The van der Waals surface area contributed by atoms with Gasteiger partial charge in [0.15, 0.2) is 12.4 Å². The summed E-state index contributed by atoms with van der Waals surface area (Å²) in [6, 6.07) is 61.6. The van der Waals surface area contributed by atoms with E-state index in [1.807, 2.05) is 164 Å². The number of benzene rings is 7. The van der Waals surface area contributed by atoms with Crippen LogP contribution in [0.15, 0.2) is 205 Å². The van der Waals surface area contributed by atoms with Crippen LogP contribution < -0.4 is 0 Å². The number of carbonyl (C=O) groups excluding carboxylic acids is 3. The van der Waals surface area contributed by atoms with Gasteiger partial charge in [0.1, 0.15) is 53.5 Å². The third-order valence-corrected chi connectivity index (χ3v) is 16.5. The van der Waals surface area contributed by atoms with E-state index in [2.05, 4.69) is 6.92 Å². The Labute approximate surface area is 468 Å². The fraction of sp³-hybridized carbons (Fsp3) is 0.297. The SMILES string of the molecule is CCS[C@@H]1O[C@H](COCc2ccccc2)[C@@H](OCc2ccccc2)[C@H](OCc2ccccc2)[C@H]1OCc1ccccc1C(=O)O[C@H]1[C@@H]2O[C@H](c3ccccc3)OC[C@H]2O[C@@H](Sc2ccccc2)[C@@H]1N1C(=O)c2ccccc2C1=O. The average Bonchev–Trinajstić information content (AvgIpc) is 4.04. The Kier molecular flexibility index (Phi) is 18.1. The molecule has 7 aromatic rings. The summed E-state index contributed by atoms with van der Waals surface area (Å²) in [5.74, 6) is -1.06. The minimum absolute atomic E-state index is 0.0551. The smallest absolute Gasteiger partial charge is 0.338 e. The second-order valence-corrected chi connectivity index (χ2v) is 22.0. The van der Waals surface area contributed by atoms with Crippen molar-refractivity contribution in [2.24, 2.45) is 0 Å². The molecule has 7 aromatic carbocycles. The summed E-state index contributed by atoms with van der Waals surface area (Å²) in [4.78, 5) is 46.6. The fourth-order valence-corrected chi connectivity index (χ4v) is 12.6. The van der Waals surface area contributed by atoms with E-state index < -0.39 is 83.7 Å². The Balaban J connectivity index is 0.916. The average molecular weight is 1100 g/mol. The molecule has 0 aromatic heterocycles. The Morgan fingerprint density at radius 1 is 0.557 bits per heavy atom. The number of hydrogen-bond acceptors (Lipinski definition) is 14. The van der Waals surface area contributed by atoms with Crippen LogP contribution in [0.25, 0.3) is 0 Å². The van der Waals surface area contributed by atoms with Crippen LogP contribution in [0.3, 0.4) is 0 Å². The molecule has 11 rings (SSSR count). The lowest BCUT2D eigenvalue weighted by Gasteiger charge is -2.50. The van der Waals surface area contributed by atoms with Crippen molar-refractivity contribution in [1.29, 1.82) is 0 Å². The number of rotatable bonds is 21. The summed E-state index contributed by atoms with van der Waals surface area (Å²) in [6.07, 6.45) is -6.44. The molecule has 4 heterocycles. The van der Waals surface area contributed by atoms with Gasteiger partial charge in [0.25, 0.3) is 11.8 Å². The van der Waals surface area contributed by atoms with E-state index in [1.165, 1.54) is 16.7 Å². The maximum atomic E-state index is 15.3. The van der Waals surface area contributed by atoms with Gasteiger partial charge in [-0.1, -0.05) is 189 Å². The summed E-state index contributed by atoms with van der Waals surface area (Å²) in [6.45, 7) is 3.25. The van der Waals surface area contributed by atoms with Crippen LogP contribution in [0.5, 0.6) is 0 Å². The van der Waals surface area contributed by atoms with Gasteiger partial charge in [0, 0.05) is 10.5 Å². The lowest BCUT2D eigenvalue weighted by Crippen LogP contribution is -2.67. The molecule has 406 valence electrons. The first-order valence-corrected chi connectivity index (χ1v) is 28.6. The monoisotopic (exact) mass is 1100 g/mol. The largest absolute Gasteiger partial charge is 0.454 e. The zero-order chi connectivity index (χ0) is 53.9. The Hall–Kier alpha value is -6.47. The van der Waals surface area contributed by atoms with Crippen molar-refractivity contribution >= 4 is 41.3 Å².